The van der Waals surface area contributed by atoms with Crippen LogP contribution in [0, 0.1) is 0 Å². The number of hydrogen-bond acceptors (Lipinski definition) is 3. The molecule has 0 bridgehead atoms. The number of carbonyl (C=O) groups excluding carboxylic acids is 1. The van der Waals surface area contributed by atoms with Crippen molar-refractivity contribution in [1.82, 2.24) is 5.32 Å². The summed E-state index contributed by atoms with van der Waals surface area (Å²) in [6, 6.07) is 5.44. The summed E-state index contributed by atoms with van der Waals surface area (Å²) in [7, 11) is 1.60. The molecule has 1 aliphatic rings. The first kappa shape index (κ1) is 12.4. The lowest BCUT2D eigenvalue weighted by Gasteiger charge is -2.12. The maximum atomic E-state index is 11.9. The molecule has 1 unspecified atom stereocenters. The smallest absolute Gasteiger partial charge is 0.241 e. The summed E-state index contributed by atoms with van der Waals surface area (Å²) in [5, 5.41) is 6.05. The fraction of sp³-hybridized carbons (Fsp3) is 0.417. The minimum absolute atomic E-state index is 0.0203. The molecule has 1 heterocycles. The van der Waals surface area contributed by atoms with Crippen LogP contribution in [0.15, 0.2) is 22.7 Å². The third-order valence-electron chi connectivity index (χ3n) is 2.80. The summed E-state index contributed by atoms with van der Waals surface area (Å²) < 4.78 is 6.05. The fourth-order valence-electron chi connectivity index (χ4n) is 1.88. The monoisotopic (exact) mass is 298 g/mol. The Bertz CT molecular complexity index is 417. The van der Waals surface area contributed by atoms with Crippen molar-refractivity contribution in [3.63, 3.8) is 0 Å². The van der Waals surface area contributed by atoms with Crippen LogP contribution in [0.3, 0.4) is 0 Å². The molecular formula is C12H15BrN2O2. The van der Waals surface area contributed by atoms with Crippen molar-refractivity contribution in [2.45, 2.75) is 18.9 Å². The molecule has 1 fully saturated rings. The molecule has 1 amide bonds. The van der Waals surface area contributed by atoms with Gasteiger partial charge in [0.05, 0.1) is 17.6 Å². The second-order valence-corrected chi connectivity index (χ2v) is 4.84. The lowest BCUT2D eigenvalue weighted by Crippen LogP contribution is -2.35. The van der Waals surface area contributed by atoms with Crippen molar-refractivity contribution in [3.8, 4) is 5.75 Å². The summed E-state index contributed by atoms with van der Waals surface area (Å²) in [6.07, 6.45) is 1.96. The number of carbonyl (C=O) groups is 1. The van der Waals surface area contributed by atoms with Crippen LogP contribution in [0.4, 0.5) is 5.69 Å². The zero-order valence-electron chi connectivity index (χ0n) is 9.63. The first-order chi connectivity index (χ1) is 8.20. The maximum Gasteiger partial charge on any atom is 0.241 e. The standard InChI is InChI=1S/C12H15BrN2O2/c1-17-11-7-8(4-5-9(11)13)15-12(16)10-3-2-6-14-10/h4-5,7,10,14H,2-3,6H2,1H3,(H,15,16). The van der Waals surface area contributed by atoms with Crippen molar-refractivity contribution >= 4 is 27.5 Å². The number of halogens is 1. The summed E-state index contributed by atoms with van der Waals surface area (Å²) in [5.41, 5.74) is 0.753. The predicted molar refractivity (Wildman–Crippen MR) is 70.3 cm³/mol. The Morgan fingerprint density at radius 1 is 1.59 bits per heavy atom. The molecule has 1 atom stereocenters. The van der Waals surface area contributed by atoms with E-state index in [0.717, 1.165) is 29.5 Å². The number of methoxy groups -OCH3 is 1. The highest BCUT2D eigenvalue weighted by Gasteiger charge is 2.21. The van der Waals surface area contributed by atoms with Gasteiger partial charge in [-0.2, -0.15) is 0 Å². The molecule has 0 aromatic heterocycles. The van der Waals surface area contributed by atoms with Gasteiger partial charge in [-0.15, -0.1) is 0 Å². The topological polar surface area (TPSA) is 50.4 Å². The van der Waals surface area contributed by atoms with Gasteiger partial charge < -0.3 is 15.4 Å². The van der Waals surface area contributed by atoms with Gasteiger partial charge in [-0.25, -0.2) is 0 Å². The van der Waals surface area contributed by atoms with Crippen LogP contribution >= 0.6 is 15.9 Å². The molecule has 5 heteroatoms. The molecule has 92 valence electrons. The summed E-state index contributed by atoms with van der Waals surface area (Å²) in [5.74, 6) is 0.731. The molecule has 0 spiro atoms. The van der Waals surface area contributed by atoms with Crippen LogP contribution in [-0.2, 0) is 4.79 Å². The van der Waals surface area contributed by atoms with Crippen molar-refractivity contribution in [3.05, 3.63) is 22.7 Å². The number of ether oxygens (including phenoxy) is 1. The van der Waals surface area contributed by atoms with Crippen LogP contribution in [0.1, 0.15) is 12.8 Å². The van der Waals surface area contributed by atoms with Gasteiger partial charge in [-0.3, -0.25) is 4.79 Å². The van der Waals surface area contributed by atoms with E-state index in [0.29, 0.717) is 5.75 Å². The molecule has 17 heavy (non-hydrogen) atoms. The molecule has 0 aliphatic carbocycles. The Kier molecular flexibility index (Phi) is 4.02. The minimum atomic E-state index is -0.0651. The van der Waals surface area contributed by atoms with Gasteiger partial charge in [-0.1, -0.05) is 0 Å². The Balaban J connectivity index is 2.05. The Labute approximate surface area is 109 Å². The lowest BCUT2D eigenvalue weighted by molar-refractivity contribution is -0.117. The second kappa shape index (κ2) is 5.51. The lowest BCUT2D eigenvalue weighted by atomic mass is 10.2. The van der Waals surface area contributed by atoms with E-state index in [9.17, 15) is 4.79 Å². The molecule has 2 N–H and O–H groups in total. The molecule has 1 aliphatic heterocycles. The largest absolute Gasteiger partial charge is 0.495 e. The van der Waals surface area contributed by atoms with Crippen molar-refractivity contribution in [2.75, 3.05) is 19.0 Å². The maximum absolute atomic E-state index is 11.9. The molecule has 0 radical (unpaired) electrons. The van der Waals surface area contributed by atoms with Gasteiger partial charge in [0.2, 0.25) is 5.91 Å². The molecular weight excluding hydrogens is 284 g/mol. The number of benzene rings is 1. The van der Waals surface area contributed by atoms with E-state index in [1.54, 1.807) is 13.2 Å². The van der Waals surface area contributed by atoms with Gasteiger partial charge in [0.25, 0.3) is 0 Å². The third-order valence-corrected chi connectivity index (χ3v) is 3.45. The summed E-state index contributed by atoms with van der Waals surface area (Å²) in [6.45, 7) is 0.918. The van der Waals surface area contributed by atoms with Crippen LogP contribution < -0.4 is 15.4 Å². The van der Waals surface area contributed by atoms with E-state index < -0.39 is 0 Å². The minimum Gasteiger partial charge on any atom is -0.495 e. The van der Waals surface area contributed by atoms with E-state index in [4.69, 9.17) is 4.74 Å². The van der Waals surface area contributed by atoms with Gasteiger partial charge >= 0.3 is 0 Å². The molecule has 1 aromatic carbocycles. The van der Waals surface area contributed by atoms with E-state index >= 15 is 0 Å². The number of hydrogen-bond donors (Lipinski definition) is 2. The van der Waals surface area contributed by atoms with E-state index in [1.165, 1.54) is 0 Å². The molecule has 1 aromatic rings. The van der Waals surface area contributed by atoms with Gasteiger partial charge in [-0.05, 0) is 47.4 Å². The molecule has 4 nitrogen and oxygen atoms in total. The Hall–Kier alpha value is -1.07. The number of anilines is 1. The predicted octanol–water partition coefficient (Wildman–Crippen LogP) is 2.15. The SMILES string of the molecule is COc1cc(NC(=O)C2CCCN2)ccc1Br. The van der Waals surface area contributed by atoms with E-state index in [2.05, 4.69) is 26.6 Å². The highest BCUT2D eigenvalue weighted by atomic mass is 79.9. The third kappa shape index (κ3) is 2.98. The zero-order chi connectivity index (χ0) is 12.3. The molecule has 1 saturated heterocycles. The van der Waals surface area contributed by atoms with Gasteiger partial charge in [0.15, 0.2) is 0 Å². The highest BCUT2D eigenvalue weighted by Crippen LogP contribution is 2.28. The van der Waals surface area contributed by atoms with Crippen molar-refractivity contribution in [2.24, 2.45) is 0 Å². The number of amides is 1. The zero-order valence-corrected chi connectivity index (χ0v) is 11.2. The van der Waals surface area contributed by atoms with Crippen LogP contribution in [0.2, 0.25) is 0 Å². The molecule has 0 saturated carbocycles. The van der Waals surface area contributed by atoms with E-state index in [1.807, 2.05) is 12.1 Å². The molecule has 2 rings (SSSR count). The number of nitrogens with one attached hydrogen (secondary N) is 2. The Morgan fingerprint density at radius 2 is 2.41 bits per heavy atom. The highest BCUT2D eigenvalue weighted by molar-refractivity contribution is 9.10. The normalized spacial score (nSPS) is 19.1. The van der Waals surface area contributed by atoms with Gasteiger partial charge in [0, 0.05) is 11.8 Å². The average Bonchev–Trinajstić information content (AvgIpc) is 2.85. The second-order valence-electron chi connectivity index (χ2n) is 3.99. The van der Waals surface area contributed by atoms with E-state index in [-0.39, 0.29) is 11.9 Å². The van der Waals surface area contributed by atoms with Gasteiger partial charge in [0.1, 0.15) is 5.75 Å². The summed E-state index contributed by atoms with van der Waals surface area (Å²) in [4.78, 5) is 11.9. The number of rotatable bonds is 3. The fourth-order valence-corrected chi connectivity index (χ4v) is 2.28. The van der Waals surface area contributed by atoms with Crippen LogP contribution in [0.25, 0.3) is 0 Å². The summed E-state index contributed by atoms with van der Waals surface area (Å²) >= 11 is 3.37. The quantitative estimate of drug-likeness (QED) is 0.899. The first-order valence-corrected chi connectivity index (χ1v) is 6.38. The van der Waals surface area contributed by atoms with Crippen molar-refractivity contribution < 1.29 is 9.53 Å². The van der Waals surface area contributed by atoms with Crippen LogP contribution in [-0.4, -0.2) is 25.6 Å². The first-order valence-electron chi connectivity index (χ1n) is 5.58. The van der Waals surface area contributed by atoms with Crippen LogP contribution in [0.5, 0.6) is 5.75 Å². The Morgan fingerprint density at radius 3 is 3.06 bits per heavy atom. The van der Waals surface area contributed by atoms with Crippen molar-refractivity contribution in [1.29, 1.82) is 0 Å². The average molecular weight is 299 g/mol.